The summed E-state index contributed by atoms with van der Waals surface area (Å²) in [4.78, 5) is 11.5. The Bertz CT molecular complexity index is 457. The second kappa shape index (κ2) is 4.97. The van der Waals surface area contributed by atoms with Crippen LogP contribution >= 0.6 is 0 Å². The van der Waals surface area contributed by atoms with Crippen molar-refractivity contribution in [1.82, 2.24) is 0 Å². The van der Waals surface area contributed by atoms with Crippen LogP contribution in [-0.4, -0.2) is 18.1 Å². The molecule has 2 rings (SSSR count). The molecule has 1 aromatic rings. The van der Waals surface area contributed by atoms with Crippen LogP contribution in [0.15, 0.2) is 24.3 Å². The smallest absolute Gasteiger partial charge is 0.364 e. The minimum absolute atomic E-state index is 0.0530. The molecule has 0 aromatic heterocycles. The first-order valence-corrected chi connectivity index (χ1v) is 6.93. The fourth-order valence-corrected chi connectivity index (χ4v) is 2.15. The van der Waals surface area contributed by atoms with Crippen LogP contribution in [0.3, 0.4) is 0 Å². The SMILES string of the molecule is C[C@H]([NH3+])C(=O)OC1CC1c1ccc(C(C)(C)C)cc1. The van der Waals surface area contributed by atoms with E-state index in [4.69, 9.17) is 4.74 Å². The Morgan fingerprint density at radius 2 is 1.89 bits per heavy atom. The van der Waals surface area contributed by atoms with Gasteiger partial charge in [0.15, 0.2) is 6.04 Å². The molecule has 2 unspecified atom stereocenters. The summed E-state index contributed by atoms with van der Waals surface area (Å²) in [6.45, 7) is 8.38. The number of benzene rings is 1. The van der Waals surface area contributed by atoms with E-state index in [2.05, 4.69) is 50.8 Å². The van der Waals surface area contributed by atoms with Gasteiger partial charge in [0.1, 0.15) is 6.10 Å². The molecule has 0 spiro atoms. The van der Waals surface area contributed by atoms with Crippen molar-refractivity contribution >= 4 is 5.97 Å². The maximum Gasteiger partial charge on any atom is 0.364 e. The van der Waals surface area contributed by atoms with Crippen molar-refractivity contribution in [2.24, 2.45) is 0 Å². The average Bonchev–Trinajstić information content (AvgIpc) is 3.07. The third-order valence-electron chi connectivity index (χ3n) is 3.61. The van der Waals surface area contributed by atoms with Crippen molar-refractivity contribution in [3.05, 3.63) is 35.4 Å². The Morgan fingerprint density at radius 3 is 2.37 bits per heavy atom. The quantitative estimate of drug-likeness (QED) is 0.847. The predicted octanol–water partition coefficient (Wildman–Crippen LogP) is 2.01. The van der Waals surface area contributed by atoms with Crippen LogP contribution in [0.4, 0.5) is 0 Å². The summed E-state index contributed by atoms with van der Waals surface area (Å²) < 4.78 is 5.39. The summed E-state index contributed by atoms with van der Waals surface area (Å²) in [5.74, 6) is 0.176. The molecule has 3 nitrogen and oxygen atoms in total. The van der Waals surface area contributed by atoms with Gasteiger partial charge in [0, 0.05) is 5.92 Å². The molecule has 19 heavy (non-hydrogen) atoms. The van der Waals surface area contributed by atoms with Gasteiger partial charge in [-0.2, -0.15) is 0 Å². The molecule has 0 amide bonds. The number of rotatable bonds is 3. The summed E-state index contributed by atoms with van der Waals surface area (Å²) in [5.41, 5.74) is 6.46. The largest absolute Gasteiger partial charge is 0.457 e. The van der Waals surface area contributed by atoms with E-state index in [0.717, 1.165) is 6.42 Å². The summed E-state index contributed by atoms with van der Waals surface area (Å²) in [5, 5.41) is 0. The topological polar surface area (TPSA) is 53.9 Å². The molecule has 1 aromatic carbocycles. The molecule has 104 valence electrons. The first-order valence-electron chi connectivity index (χ1n) is 6.93. The van der Waals surface area contributed by atoms with Gasteiger partial charge in [-0.1, -0.05) is 45.0 Å². The van der Waals surface area contributed by atoms with Crippen molar-refractivity contribution in [2.45, 2.75) is 57.6 Å². The van der Waals surface area contributed by atoms with E-state index >= 15 is 0 Å². The molecular formula is C16H24NO2+. The molecule has 0 radical (unpaired) electrons. The van der Waals surface area contributed by atoms with Crippen molar-refractivity contribution in [1.29, 1.82) is 0 Å². The number of hydrogen-bond acceptors (Lipinski definition) is 2. The summed E-state index contributed by atoms with van der Waals surface area (Å²) >= 11 is 0. The van der Waals surface area contributed by atoms with E-state index in [1.807, 2.05) is 0 Å². The maximum absolute atomic E-state index is 11.5. The zero-order valence-electron chi connectivity index (χ0n) is 12.3. The number of quaternary nitrogens is 1. The van der Waals surface area contributed by atoms with E-state index in [9.17, 15) is 4.79 Å². The highest BCUT2D eigenvalue weighted by atomic mass is 16.6. The number of ether oxygens (including phenoxy) is 1. The Balaban J connectivity index is 1.97. The molecule has 1 aliphatic carbocycles. The van der Waals surface area contributed by atoms with Gasteiger partial charge in [-0.05, 0) is 29.9 Å². The third-order valence-corrected chi connectivity index (χ3v) is 3.61. The Kier molecular flexibility index (Phi) is 3.68. The van der Waals surface area contributed by atoms with Crippen LogP contribution in [-0.2, 0) is 14.9 Å². The molecule has 0 bridgehead atoms. The van der Waals surface area contributed by atoms with Gasteiger partial charge in [0.2, 0.25) is 0 Å². The van der Waals surface area contributed by atoms with Gasteiger partial charge in [-0.3, -0.25) is 0 Å². The average molecular weight is 262 g/mol. The van der Waals surface area contributed by atoms with Gasteiger partial charge in [0.05, 0.1) is 0 Å². The van der Waals surface area contributed by atoms with E-state index in [1.165, 1.54) is 11.1 Å². The van der Waals surface area contributed by atoms with Crippen LogP contribution < -0.4 is 5.73 Å². The highest BCUT2D eigenvalue weighted by molar-refractivity contribution is 5.74. The van der Waals surface area contributed by atoms with Crippen LogP contribution in [0.2, 0.25) is 0 Å². The van der Waals surface area contributed by atoms with Crippen molar-refractivity contribution in [3.63, 3.8) is 0 Å². The number of carbonyl (C=O) groups excluding carboxylic acids is 1. The fourth-order valence-electron chi connectivity index (χ4n) is 2.15. The lowest BCUT2D eigenvalue weighted by Crippen LogP contribution is -2.63. The maximum atomic E-state index is 11.5. The first kappa shape index (κ1) is 14.1. The van der Waals surface area contributed by atoms with Crippen LogP contribution in [0.25, 0.3) is 0 Å². The van der Waals surface area contributed by atoms with Gasteiger partial charge >= 0.3 is 5.97 Å². The van der Waals surface area contributed by atoms with E-state index < -0.39 is 0 Å². The zero-order chi connectivity index (χ0) is 14.2. The fraction of sp³-hybridized carbons (Fsp3) is 0.562. The lowest BCUT2D eigenvalue weighted by molar-refractivity contribution is -0.403. The van der Waals surface area contributed by atoms with Crippen molar-refractivity contribution < 1.29 is 15.3 Å². The monoisotopic (exact) mass is 262 g/mol. The number of hydrogen-bond donors (Lipinski definition) is 1. The summed E-state index contributed by atoms with van der Waals surface area (Å²) in [6.07, 6.45) is 0.991. The zero-order valence-corrected chi connectivity index (χ0v) is 12.3. The molecule has 0 heterocycles. The predicted molar refractivity (Wildman–Crippen MR) is 74.7 cm³/mol. The van der Waals surface area contributed by atoms with E-state index in [0.29, 0.717) is 5.92 Å². The van der Waals surface area contributed by atoms with Crippen molar-refractivity contribution in [3.8, 4) is 0 Å². The number of carbonyl (C=O) groups is 1. The normalized spacial score (nSPS) is 23.8. The van der Waals surface area contributed by atoms with E-state index in [1.54, 1.807) is 6.92 Å². The lowest BCUT2D eigenvalue weighted by Gasteiger charge is -2.19. The lowest BCUT2D eigenvalue weighted by atomic mass is 9.86. The standard InChI is InChI=1S/C16H23NO2/c1-10(17)15(18)19-14-9-13(14)11-5-7-12(8-6-11)16(2,3)4/h5-8,10,13-14H,9,17H2,1-4H3/p+1/t10-,13?,14?/m0/s1. The van der Waals surface area contributed by atoms with Gasteiger partial charge in [-0.25, -0.2) is 4.79 Å². The van der Waals surface area contributed by atoms with Gasteiger partial charge < -0.3 is 10.5 Å². The Labute approximate surface area is 115 Å². The van der Waals surface area contributed by atoms with E-state index in [-0.39, 0.29) is 23.5 Å². The molecule has 0 aliphatic heterocycles. The Hall–Kier alpha value is -1.35. The molecule has 0 saturated heterocycles. The second-order valence-corrected chi connectivity index (χ2v) is 6.59. The van der Waals surface area contributed by atoms with Crippen LogP contribution in [0.1, 0.15) is 51.2 Å². The molecule has 3 N–H and O–H groups in total. The molecule has 1 aliphatic rings. The summed E-state index contributed by atoms with van der Waals surface area (Å²) in [6, 6.07) is 8.39. The number of esters is 1. The molecule has 3 atom stereocenters. The molecule has 1 saturated carbocycles. The molecular weight excluding hydrogens is 238 g/mol. The van der Waals surface area contributed by atoms with Gasteiger partial charge in [0.25, 0.3) is 0 Å². The molecule has 3 heteroatoms. The summed E-state index contributed by atoms with van der Waals surface area (Å²) in [7, 11) is 0. The highest BCUT2D eigenvalue weighted by Crippen LogP contribution is 2.43. The molecule has 1 fully saturated rings. The Morgan fingerprint density at radius 1 is 1.32 bits per heavy atom. The van der Waals surface area contributed by atoms with Crippen LogP contribution in [0, 0.1) is 0 Å². The first-order chi connectivity index (χ1) is 8.79. The van der Waals surface area contributed by atoms with Crippen LogP contribution in [0.5, 0.6) is 0 Å². The second-order valence-electron chi connectivity index (χ2n) is 6.59. The van der Waals surface area contributed by atoms with Gasteiger partial charge in [-0.15, -0.1) is 0 Å². The highest BCUT2D eigenvalue weighted by Gasteiger charge is 2.42. The minimum atomic E-state index is -0.287. The third kappa shape index (κ3) is 3.35. The van der Waals surface area contributed by atoms with Crippen molar-refractivity contribution in [2.75, 3.05) is 0 Å². The minimum Gasteiger partial charge on any atom is -0.457 e.